The van der Waals surface area contributed by atoms with Crippen LogP contribution in [-0.4, -0.2) is 5.78 Å². The molecule has 0 fully saturated rings. The second-order valence-corrected chi connectivity index (χ2v) is 6.24. The van der Waals surface area contributed by atoms with Gasteiger partial charge in [-0.15, -0.1) is 0 Å². The first-order valence-corrected chi connectivity index (χ1v) is 7.14. The molecule has 0 saturated heterocycles. The first-order valence-electron chi connectivity index (χ1n) is 7.14. The summed E-state index contributed by atoms with van der Waals surface area (Å²) in [5.74, 6) is 0.213. The van der Waals surface area contributed by atoms with E-state index in [1.54, 1.807) is 0 Å². The van der Waals surface area contributed by atoms with E-state index in [1.165, 1.54) is 11.1 Å². The Morgan fingerprint density at radius 2 is 1.50 bits per heavy atom. The van der Waals surface area contributed by atoms with Crippen molar-refractivity contribution in [3.05, 3.63) is 71.3 Å². The standard InChI is InChI=1S/C19H22O/c1-19(2,3)17-12-9-15(10-13-17)11-14-18(20)16-7-5-4-6-8-16/h4-10,12-13H,11,14H2,1-3H3. The maximum Gasteiger partial charge on any atom is 0.163 e. The molecule has 20 heavy (non-hydrogen) atoms. The molecule has 2 aromatic carbocycles. The monoisotopic (exact) mass is 266 g/mol. The lowest BCUT2D eigenvalue weighted by molar-refractivity contribution is 0.0983. The summed E-state index contributed by atoms with van der Waals surface area (Å²) < 4.78 is 0. The van der Waals surface area contributed by atoms with Gasteiger partial charge in [-0.3, -0.25) is 4.79 Å². The lowest BCUT2D eigenvalue weighted by Crippen LogP contribution is -2.10. The van der Waals surface area contributed by atoms with E-state index < -0.39 is 0 Å². The maximum absolute atomic E-state index is 12.0. The number of Topliss-reactive ketones (excluding diaryl/α,β-unsaturated/α-hetero) is 1. The number of carbonyl (C=O) groups excluding carboxylic acids is 1. The van der Waals surface area contributed by atoms with Gasteiger partial charge in [0.05, 0.1) is 0 Å². The fourth-order valence-corrected chi connectivity index (χ4v) is 2.20. The molecule has 1 nitrogen and oxygen atoms in total. The zero-order valence-electron chi connectivity index (χ0n) is 12.5. The number of carbonyl (C=O) groups is 1. The topological polar surface area (TPSA) is 17.1 Å². The number of hydrogen-bond acceptors (Lipinski definition) is 1. The summed E-state index contributed by atoms with van der Waals surface area (Å²) in [5.41, 5.74) is 3.54. The van der Waals surface area contributed by atoms with Gasteiger partial charge in [0.1, 0.15) is 0 Å². The number of benzene rings is 2. The van der Waals surface area contributed by atoms with E-state index >= 15 is 0 Å². The van der Waals surface area contributed by atoms with Crippen molar-refractivity contribution in [1.29, 1.82) is 0 Å². The fraction of sp³-hybridized carbons (Fsp3) is 0.316. The average molecular weight is 266 g/mol. The summed E-state index contributed by atoms with van der Waals surface area (Å²) >= 11 is 0. The summed E-state index contributed by atoms with van der Waals surface area (Å²) in [7, 11) is 0. The first kappa shape index (κ1) is 14.5. The zero-order chi connectivity index (χ0) is 14.6. The summed E-state index contributed by atoms with van der Waals surface area (Å²) in [6, 6.07) is 18.1. The van der Waals surface area contributed by atoms with E-state index in [4.69, 9.17) is 0 Å². The van der Waals surface area contributed by atoms with E-state index in [0.717, 1.165) is 12.0 Å². The second-order valence-electron chi connectivity index (χ2n) is 6.24. The fourth-order valence-electron chi connectivity index (χ4n) is 2.20. The highest BCUT2D eigenvalue weighted by Gasteiger charge is 2.13. The van der Waals surface area contributed by atoms with Gasteiger partial charge in [0, 0.05) is 12.0 Å². The lowest BCUT2D eigenvalue weighted by atomic mass is 9.86. The Hall–Kier alpha value is -1.89. The van der Waals surface area contributed by atoms with Crippen LogP contribution in [0.5, 0.6) is 0 Å². The smallest absolute Gasteiger partial charge is 0.163 e. The minimum Gasteiger partial charge on any atom is -0.294 e. The molecule has 0 saturated carbocycles. The summed E-state index contributed by atoms with van der Waals surface area (Å²) in [6.45, 7) is 6.63. The van der Waals surface area contributed by atoms with E-state index in [0.29, 0.717) is 6.42 Å². The second kappa shape index (κ2) is 6.04. The highest BCUT2D eigenvalue weighted by molar-refractivity contribution is 5.96. The molecular weight excluding hydrogens is 244 g/mol. The van der Waals surface area contributed by atoms with Crippen LogP contribution in [0.4, 0.5) is 0 Å². The molecule has 0 spiro atoms. The molecule has 0 heterocycles. The highest BCUT2D eigenvalue weighted by atomic mass is 16.1. The van der Waals surface area contributed by atoms with Crippen molar-refractivity contribution in [2.45, 2.75) is 39.0 Å². The van der Waals surface area contributed by atoms with Gasteiger partial charge in [-0.1, -0.05) is 75.4 Å². The van der Waals surface area contributed by atoms with Crippen molar-refractivity contribution in [2.75, 3.05) is 0 Å². The molecule has 0 aliphatic carbocycles. The van der Waals surface area contributed by atoms with Crippen LogP contribution in [-0.2, 0) is 11.8 Å². The normalized spacial score (nSPS) is 11.3. The van der Waals surface area contributed by atoms with Crippen LogP contribution in [0.25, 0.3) is 0 Å². The largest absolute Gasteiger partial charge is 0.294 e. The van der Waals surface area contributed by atoms with E-state index in [1.807, 2.05) is 30.3 Å². The molecular formula is C19H22O. The van der Waals surface area contributed by atoms with Gasteiger partial charge in [0.2, 0.25) is 0 Å². The third kappa shape index (κ3) is 3.80. The van der Waals surface area contributed by atoms with Crippen molar-refractivity contribution in [3.63, 3.8) is 0 Å². The van der Waals surface area contributed by atoms with Crippen LogP contribution < -0.4 is 0 Å². The van der Waals surface area contributed by atoms with Gasteiger partial charge < -0.3 is 0 Å². The summed E-state index contributed by atoms with van der Waals surface area (Å²) in [4.78, 5) is 12.0. The Bertz CT molecular complexity index is 559. The predicted octanol–water partition coefficient (Wildman–Crippen LogP) is 4.80. The molecule has 0 amide bonds. The van der Waals surface area contributed by atoms with E-state index in [9.17, 15) is 4.79 Å². The zero-order valence-corrected chi connectivity index (χ0v) is 12.5. The van der Waals surface area contributed by atoms with E-state index in [2.05, 4.69) is 45.0 Å². The third-order valence-electron chi connectivity index (χ3n) is 3.56. The Kier molecular flexibility index (Phi) is 4.39. The molecule has 0 N–H and O–H groups in total. The SMILES string of the molecule is CC(C)(C)c1ccc(CCC(=O)c2ccccc2)cc1. The maximum atomic E-state index is 12.0. The van der Waals surface area contributed by atoms with Crippen molar-refractivity contribution in [1.82, 2.24) is 0 Å². The molecule has 2 rings (SSSR count). The quantitative estimate of drug-likeness (QED) is 0.726. The van der Waals surface area contributed by atoms with Crippen molar-refractivity contribution < 1.29 is 4.79 Å². The molecule has 0 radical (unpaired) electrons. The van der Waals surface area contributed by atoms with Gasteiger partial charge in [0.15, 0.2) is 5.78 Å². The predicted molar refractivity (Wildman–Crippen MR) is 84.2 cm³/mol. The molecule has 0 atom stereocenters. The van der Waals surface area contributed by atoms with Gasteiger partial charge >= 0.3 is 0 Å². The molecule has 0 aliphatic rings. The number of aryl methyl sites for hydroxylation is 1. The minimum atomic E-state index is 0.179. The summed E-state index contributed by atoms with van der Waals surface area (Å²) in [5, 5.41) is 0. The minimum absolute atomic E-state index is 0.179. The van der Waals surface area contributed by atoms with Crippen LogP contribution in [0.3, 0.4) is 0 Å². The van der Waals surface area contributed by atoms with Gasteiger partial charge in [-0.2, -0.15) is 0 Å². The van der Waals surface area contributed by atoms with Crippen molar-refractivity contribution in [3.8, 4) is 0 Å². The van der Waals surface area contributed by atoms with Crippen LogP contribution in [0.15, 0.2) is 54.6 Å². The Labute approximate surface area is 121 Å². The summed E-state index contributed by atoms with van der Waals surface area (Å²) in [6.07, 6.45) is 1.37. The molecule has 0 aliphatic heterocycles. The van der Waals surface area contributed by atoms with Crippen molar-refractivity contribution >= 4 is 5.78 Å². The molecule has 2 aromatic rings. The van der Waals surface area contributed by atoms with E-state index in [-0.39, 0.29) is 11.2 Å². The lowest BCUT2D eigenvalue weighted by Gasteiger charge is -2.19. The van der Waals surface area contributed by atoms with Crippen LogP contribution in [0.1, 0.15) is 48.7 Å². The average Bonchev–Trinajstić information content (AvgIpc) is 2.45. The van der Waals surface area contributed by atoms with Crippen LogP contribution in [0.2, 0.25) is 0 Å². The third-order valence-corrected chi connectivity index (χ3v) is 3.56. The van der Waals surface area contributed by atoms with Gasteiger partial charge in [-0.05, 0) is 23.0 Å². The van der Waals surface area contributed by atoms with Crippen LogP contribution in [0, 0.1) is 0 Å². The number of rotatable bonds is 4. The number of ketones is 1. The van der Waals surface area contributed by atoms with Crippen LogP contribution >= 0.6 is 0 Å². The van der Waals surface area contributed by atoms with Gasteiger partial charge in [0.25, 0.3) is 0 Å². The molecule has 104 valence electrons. The Morgan fingerprint density at radius 3 is 2.05 bits per heavy atom. The molecule has 1 heteroatoms. The van der Waals surface area contributed by atoms with Crippen molar-refractivity contribution in [2.24, 2.45) is 0 Å². The molecule has 0 bridgehead atoms. The first-order chi connectivity index (χ1) is 9.47. The Morgan fingerprint density at radius 1 is 0.900 bits per heavy atom. The van der Waals surface area contributed by atoms with Gasteiger partial charge in [-0.25, -0.2) is 0 Å². The Balaban J connectivity index is 1.96. The number of hydrogen-bond donors (Lipinski definition) is 0. The molecule has 0 unspecified atom stereocenters. The molecule has 0 aromatic heterocycles. The highest BCUT2D eigenvalue weighted by Crippen LogP contribution is 2.22.